The molecule has 186 valence electrons. The molecule has 1 aromatic carbocycles. The summed E-state index contributed by atoms with van der Waals surface area (Å²) >= 11 is 0. The SMILES string of the molecule is C[C@]12C[C@H](c3ccc(C(=O)C4CC4)cc3)C3=C4CCC(=O)C=C4CC[C@H]3[C@@H]1CC[C@@]2(O)CCCO. The first kappa shape index (κ1) is 23.4. The minimum absolute atomic E-state index is 0.115. The highest BCUT2D eigenvalue weighted by Gasteiger charge is 2.62. The molecule has 0 amide bonds. The predicted octanol–water partition coefficient (Wildman–Crippen LogP) is 5.68. The van der Waals surface area contributed by atoms with Crippen LogP contribution in [0.5, 0.6) is 0 Å². The van der Waals surface area contributed by atoms with E-state index in [1.165, 1.54) is 22.3 Å². The maximum Gasteiger partial charge on any atom is 0.165 e. The smallest absolute Gasteiger partial charge is 0.165 e. The summed E-state index contributed by atoms with van der Waals surface area (Å²) < 4.78 is 0. The number of aliphatic hydroxyl groups excluding tert-OH is 1. The number of ketones is 2. The molecule has 0 saturated heterocycles. The fraction of sp³-hybridized carbons (Fsp3) is 0.613. The molecule has 0 aliphatic heterocycles. The standard InChI is InChI=1S/C31H38O4/c1-30-18-26(19-3-5-20(6-4-19)29(34)21-7-8-21)28-24-12-10-23(33)17-22(24)9-11-25(28)27(30)13-15-31(30,35)14-2-16-32/h3-6,17,21,25-27,32,35H,2,7-16,18H2,1H3/t25-,26+,27-,30-,31-/m0/s1. The van der Waals surface area contributed by atoms with Gasteiger partial charge < -0.3 is 10.2 Å². The molecule has 1 aromatic rings. The van der Waals surface area contributed by atoms with E-state index in [-0.39, 0.29) is 35.4 Å². The van der Waals surface area contributed by atoms with Gasteiger partial charge in [0.25, 0.3) is 0 Å². The number of carbonyl (C=O) groups is 2. The number of aliphatic hydroxyl groups is 2. The first-order valence-electron chi connectivity index (χ1n) is 13.8. The van der Waals surface area contributed by atoms with Gasteiger partial charge in [0.2, 0.25) is 0 Å². The molecule has 2 N–H and O–H groups in total. The van der Waals surface area contributed by atoms with Crippen LogP contribution in [0.25, 0.3) is 0 Å². The van der Waals surface area contributed by atoms with Crippen molar-refractivity contribution in [3.63, 3.8) is 0 Å². The summed E-state index contributed by atoms with van der Waals surface area (Å²) in [6, 6.07) is 8.34. The molecule has 5 atom stereocenters. The molecular formula is C31H38O4. The zero-order valence-corrected chi connectivity index (χ0v) is 20.9. The van der Waals surface area contributed by atoms with Crippen LogP contribution in [-0.2, 0) is 4.79 Å². The molecule has 0 heterocycles. The minimum Gasteiger partial charge on any atom is -0.396 e. The van der Waals surface area contributed by atoms with Crippen LogP contribution in [0.1, 0.15) is 99.4 Å². The van der Waals surface area contributed by atoms with Crippen LogP contribution >= 0.6 is 0 Å². The van der Waals surface area contributed by atoms with Crippen LogP contribution in [0.2, 0.25) is 0 Å². The molecule has 0 radical (unpaired) electrons. The molecule has 3 saturated carbocycles. The molecule has 5 aliphatic carbocycles. The normalized spacial score (nSPS) is 36.4. The van der Waals surface area contributed by atoms with E-state index in [1.54, 1.807) is 0 Å². The van der Waals surface area contributed by atoms with Crippen molar-refractivity contribution in [3.05, 3.63) is 58.2 Å². The molecule has 3 fully saturated rings. The average molecular weight is 475 g/mol. The Balaban J connectivity index is 1.44. The maximum atomic E-state index is 12.6. The summed E-state index contributed by atoms with van der Waals surface area (Å²) in [7, 11) is 0. The summed E-state index contributed by atoms with van der Waals surface area (Å²) in [5, 5.41) is 21.5. The number of Topliss-reactive ketones (excluding diaryl/α,β-unsaturated/α-hetero) is 1. The molecule has 5 aliphatic rings. The Morgan fingerprint density at radius 1 is 1.06 bits per heavy atom. The van der Waals surface area contributed by atoms with Crippen molar-refractivity contribution in [3.8, 4) is 0 Å². The van der Waals surface area contributed by atoms with Gasteiger partial charge >= 0.3 is 0 Å². The number of benzene rings is 1. The van der Waals surface area contributed by atoms with E-state index in [4.69, 9.17) is 0 Å². The summed E-state index contributed by atoms with van der Waals surface area (Å²) in [4.78, 5) is 24.9. The van der Waals surface area contributed by atoms with Crippen molar-refractivity contribution in [2.24, 2.45) is 23.2 Å². The van der Waals surface area contributed by atoms with Gasteiger partial charge in [-0.1, -0.05) is 36.8 Å². The fourth-order valence-electron chi connectivity index (χ4n) is 8.30. The van der Waals surface area contributed by atoms with E-state index in [9.17, 15) is 19.8 Å². The Kier molecular flexibility index (Phi) is 5.69. The van der Waals surface area contributed by atoms with Crippen LogP contribution < -0.4 is 0 Å². The second-order valence-electron chi connectivity index (χ2n) is 12.2. The highest BCUT2D eigenvalue weighted by atomic mass is 16.3. The van der Waals surface area contributed by atoms with Gasteiger partial charge in [-0.05, 0) is 98.8 Å². The monoisotopic (exact) mass is 474 g/mol. The molecule has 0 spiro atoms. The topological polar surface area (TPSA) is 74.6 Å². The van der Waals surface area contributed by atoms with Crippen molar-refractivity contribution >= 4 is 11.6 Å². The van der Waals surface area contributed by atoms with Gasteiger partial charge in [-0.3, -0.25) is 9.59 Å². The quantitative estimate of drug-likeness (QED) is 0.520. The first-order chi connectivity index (χ1) is 16.8. The van der Waals surface area contributed by atoms with E-state index in [0.29, 0.717) is 31.1 Å². The summed E-state index contributed by atoms with van der Waals surface area (Å²) in [5.74, 6) is 1.79. The highest BCUT2D eigenvalue weighted by Crippen LogP contribution is 2.67. The van der Waals surface area contributed by atoms with Crippen LogP contribution in [0.15, 0.2) is 47.1 Å². The second-order valence-corrected chi connectivity index (χ2v) is 12.2. The molecule has 4 nitrogen and oxygen atoms in total. The van der Waals surface area contributed by atoms with Crippen molar-refractivity contribution in [2.45, 2.75) is 89.1 Å². The molecular weight excluding hydrogens is 436 g/mol. The second kappa shape index (κ2) is 8.52. The number of allylic oxidation sites excluding steroid dienone is 4. The molecule has 4 heteroatoms. The average Bonchev–Trinajstić information content (AvgIpc) is 3.67. The Labute approximate surface area is 208 Å². The van der Waals surface area contributed by atoms with E-state index in [0.717, 1.165) is 56.9 Å². The van der Waals surface area contributed by atoms with Crippen LogP contribution in [0.3, 0.4) is 0 Å². The lowest BCUT2D eigenvalue weighted by atomic mass is 9.51. The number of carbonyl (C=O) groups excluding carboxylic acids is 2. The number of rotatable bonds is 6. The molecule has 35 heavy (non-hydrogen) atoms. The van der Waals surface area contributed by atoms with E-state index in [1.807, 2.05) is 18.2 Å². The van der Waals surface area contributed by atoms with Crippen LogP contribution in [0.4, 0.5) is 0 Å². The summed E-state index contributed by atoms with van der Waals surface area (Å²) in [6.45, 7) is 2.42. The Morgan fingerprint density at radius 2 is 1.83 bits per heavy atom. The fourth-order valence-corrected chi connectivity index (χ4v) is 8.30. The number of hydrogen-bond donors (Lipinski definition) is 2. The zero-order valence-electron chi connectivity index (χ0n) is 20.9. The van der Waals surface area contributed by atoms with E-state index >= 15 is 0 Å². The molecule has 0 aromatic heterocycles. The Bertz CT molecular complexity index is 1110. The van der Waals surface area contributed by atoms with Gasteiger partial charge in [0.1, 0.15) is 0 Å². The summed E-state index contributed by atoms with van der Waals surface area (Å²) in [5.41, 5.74) is 5.26. The first-order valence-corrected chi connectivity index (χ1v) is 13.8. The summed E-state index contributed by atoms with van der Waals surface area (Å²) in [6.07, 6.45) is 11.4. The van der Waals surface area contributed by atoms with Crippen molar-refractivity contribution < 1.29 is 19.8 Å². The Hall–Kier alpha value is -2.04. The highest BCUT2D eigenvalue weighted by molar-refractivity contribution is 5.99. The van der Waals surface area contributed by atoms with Gasteiger partial charge in [0.05, 0.1) is 5.60 Å². The molecule has 6 rings (SSSR count). The largest absolute Gasteiger partial charge is 0.396 e. The Morgan fingerprint density at radius 3 is 2.54 bits per heavy atom. The van der Waals surface area contributed by atoms with Crippen molar-refractivity contribution in [1.29, 1.82) is 0 Å². The number of fused-ring (bicyclic) bond motifs is 4. The maximum absolute atomic E-state index is 12.6. The van der Waals surface area contributed by atoms with Gasteiger partial charge in [0.15, 0.2) is 11.6 Å². The van der Waals surface area contributed by atoms with Crippen LogP contribution in [0, 0.1) is 23.2 Å². The van der Waals surface area contributed by atoms with Crippen LogP contribution in [-0.4, -0.2) is 34.0 Å². The third-order valence-corrected chi connectivity index (χ3v) is 10.4. The third-order valence-electron chi connectivity index (χ3n) is 10.4. The van der Waals surface area contributed by atoms with E-state index in [2.05, 4.69) is 19.1 Å². The lowest BCUT2D eigenvalue weighted by molar-refractivity contribution is -0.114. The van der Waals surface area contributed by atoms with Crippen molar-refractivity contribution in [2.75, 3.05) is 6.61 Å². The van der Waals surface area contributed by atoms with E-state index < -0.39 is 5.60 Å². The van der Waals surface area contributed by atoms with Gasteiger partial charge in [-0.2, -0.15) is 0 Å². The lowest BCUT2D eigenvalue weighted by Crippen LogP contribution is -2.51. The van der Waals surface area contributed by atoms with Gasteiger partial charge in [0, 0.05) is 35.8 Å². The van der Waals surface area contributed by atoms with Gasteiger partial charge in [-0.15, -0.1) is 0 Å². The molecule has 0 unspecified atom stereocenters. The number of hydrogen-bond acceptors (Lipinski definition) is 4. The third kappa shape index (κ3) is 3.71. The van der Waals surface area contributed by atoms with Crippen molar-refractivity contribution in [1.82, 2.24) is 0 Å². The molecule has 0 bridgehead atoms. The zero-order chi connectivity index (χ0) is 24.4. The predicted molar refractivity (Wildman–Crippen MR) is 135 cm³/mol. The lowest BCUT2D eigenvalue weighted by Gasteiger charge is -2.55. The van der Waals surface area contributed by atoms with Gasteiger partial charge in [-0.25, -0.2) is 0 Å². The minimum atomic E-state index is -0.755.